The number of hydrogen-bond acceptors (Lipinski definition) is 6. The third kappa shape index (κ3) is 5.57. The van der Waals surface area contributed by atoms with E-state index in [1.54, 1.807) is 35.3 Å². The third-order valence-electron chi connectivity index (χ3n) is 7.04. The van der Waals surface area contributed by atoms with Crippen LogP contribution in [0.4, 0.5) is 4.39 Å². The van der Waals surface area contributed by atoms with Gasteiger partial charge in [-0.1, -0.05) is 35.9 Å². The number of primary amides is 1. The lowest BCUT2D eigenvalue weighted by atomic mass is 10.0. The van der Waals surface area contributed by atoms with E-state index in [1.165, 1.54) is 4.90 Å². The van der Waals surface area contributed by atoms with Gasteiger partial charge < -0.3 is 15.4 Å². The fourth-order valence-electron chi connectivity index (χ4n) is 4.78. The molecule has 0 unspecified atom stereocenters. The van der Waals surface area contributed by atoms with E-state index >= 15 is 4.39 Å². The van der Waals surface area contributed by atoms with E-state index in [1.807, 2.05) is 31.2 Å². The Balaban J connectivity index is 1.24. The average Bonchev–Trinajstić information content (AvgIpc) is 3.35. The Labute approximate surface area is 220 Å². The Morgan fingerprint density at radius 1 is 1.13 bits per heavy atom. The molecule has 0 bridgehead atoms. The van der Waals surface area contributed by atoms with Gasteiger partial charge in [0.1, 0.15) is 11.9 Å². The maximum absolute atomic E-state index is 15.1. The highest BCUT2D eigenvalue weighted by Gasteiger charge is 2.36. The van der Waals surface area contributed by atoms with Crippen molar-refractivity contribution in [2.75, 3.05) is 24.6 Å². The van der Waals surface area contributed by atoms with Crippen LogP contribution in [-0.4, -0.2) is 71.8 Å². The summed E-state index contributed by atoms with van der Waals surface area (Å²) in [5.41, 5.74) is 9.03. The number of carbonyl (C=O) groups is 2. The van der Waals surface area contributed by atoms with Gasteiger partial charge in [-0.3, -0.25) is 14.3 Å². The Kier molecular flexibility index (Phi) is 6.95. The van der Waals surface area contributed by atoms with Crippen molar-refractivity contribution in [3.63, 3.8) is 0 Å². The molecule has 2 aliphatic rings. The standard InChI is InChI=1S/C27H29FN4O5S/c1-17-2-4-18(5-3-17)10-26(33)31-9-8-25(23(28)14-31)37-24-7-6-19(11-22(24)27(29)34)20-12-30-32(13-20)21-15-38(35,36)16-21/h2-7,11-13,21,23,25H,8-10,14-16H2,1H3,(H2,29,34)/t23-,25+/m0/s1. The second-order valence-electron chi connectivity index (χ2n) is 9.98. The van der Waals surface area contributed by atoms with Crippen LogP contribution in [0.15, 0.2) is 54.9 Å². The third-order valence-corrected chi connectivity index (χ3v) is 8.82. The topological polar surface area (TPSA) is 125 Å². The number of sulfone groups is 1. The number of aryl methyl sites for hydroxylation is 1. The number of benzene rings is 2. The fourth-order valence-corrected chi connectivity index (χ4v) is 6.16. The lowest BCUT2D eigenvalue weighted by molar-refractivity contribution is -0.134. The number of aromatic nitrogens is 2. The number of nitrogens with zero attached hydrogens (tertiary/aromatic N) is 3. The first kappa shape index (κ1) is 25.9. The summed E-state index contributed by atoms with van der Waals surface area (Å²) in [7, 11) is -2.99. The summed E-state index contributed by atoms with van der Waals surface area (Å²) >= 11 is 0. The van der Waals surface area contributed by atoms with Crippen LogP contribution in [-0.2, 0) is 21.1 Å². The van der Waals surface area contributed by atoms with Crippen molar-refractivity contribution in [3.05, 3.63) is 71.5 Å². The molecule has 0 saturated carbocycles. The number of likely N-dealkylation sites (tertiary alicyclic amines) is 1. The number of amides is 2. The smallest absolute Gasteiger partial charge is 0.252 e. The minimum Gasteiger partial charge on any atom is -0.486 e. The maximum Gasteiger partial charge on any atom is 0.252 e. The molecule has 2 saturated heterocycles. The zero-order valence-electron chi connectivity index (χ0n) is 20.9. The largest absolute Gasteiger partial charge is 0.486 e. The number of rotatable bonds is 7. The molecule has 3 aromatic rings. The number of nitrogens with two attached hydrogens (primary N) is 1. The molecule has 200 valence electrons. The molecule has 38 heavy (non-hydrogen) atoms. The Hall–Kier alpha value is -3.73. The van der Waals surface area contributed by atoms with Crippen molar-refractivity contribution < 1.29 is 27.1 Å². The van der Waals surface area contributed by atoms with E-state index in [-0.39, 0.29) is 54.2 Å². The number of alkyl halides is 1. The van der Waals surface area contributed by atoms with Crippen LogP contribution in [0.5, 0.6) is 5.75 Å². The molecule has 0 aliphatic carbocycles. The SMILES string of the molecule is Cc1ccc(CC(=O)N2CC[C@@H](Oc3ccc(-c4cnn(C5CS(=O)(=O)C5)c4)cc3C(N)=O)[C@@H](F)C2)cc1. The molecule has 2 N–H and O–H groups in total. The highest BCUT2D eigenvalue weighted by molar-refractivity contribution is 7.92. The van der Waals surface area contributed by atoms with Gasteiger partial charge in [0, 0.05) is 24.7 Å². The summed E-state index contributed by atoms with van der Waals surface area (Å²) in [5.74, 6) is -0.592. The zero-order valence-corrected chi connectivity index (χ0v) is 21.7. The number of hydrogen-bond donors (Lipinski definition) is 1. The van der Waals surface area contributed by atoms with Gasteiger partial charge in [-0.05, 0) is 30.2 Å². The van der Waals surface area contributed by atoms with Crippen molar-refractivity contribution in [1.29, 1.82) is 0 Å². The summed E-state index contributed by atoms with van der Waals surface area (Å²) in [4.78, 5) is 26.4. The van der Waals surface area contributed by atoms with Crippen LogP contribution >= 0.6 is 0 Å². The van der Waals surface area contributed by atoms with Crippen LogP contribution in [0.25, 0.3) is 11.1 Å². The van der Waals surface area contributed by atoms with Crippen LogP contribution in [0.3, 0.4) is 0 Å². The number of carbonyl (C=O) groups excluding carboxylic acids is 2. The van der Waals surface area contributed by atoms with Crippen LogP contribution in [0, 0.1) is 6.92 Å². The van der Waals surface area contributed by atoms with Crippen molar-refractivity contribution in [2.45, 2.75) is 38.1 Å². The number of ether oxygens (including phenoxy) is 1. The Morgan fingerprint density at radius 3 is 2.53 bits per heavy atom. The van der Waals surface area contributed by atoms with Crippen LogP contribution in [0.2, 0.25) is 0 Å². The number of halogens is 1. The van der Waals surface area contributed by atoms with Gasteiger partial charge in [-0.25, -0.2) is 12.8 Å². The molecule has 1 aromatic heterocycles. The molecular weight excluding hydrogens is 511 g/mol. The first-order valence-corrected chi connectivity index (χ1v) is 14.2. The van der Waals surface area contributed by atoms with Gasteiger partial charge >= 0.3 is 0 Å². The predicted octanol–water partition coefficient (Wildman–Crippen LogP) is 2.49. The average molecular weight is 541 g/mol. The first-order valence-electron chi connectivity index (χ1n) is 12.4. The minimum absolute atomic E-state index is 0.0498. The predicted molar refractivity (Wildman–Crippen MR) is 139 cm³/mol. The van der Waals surface area contributed by atoms with E-state index in [2.05, 4.69) is 5.10 Å². The fraction of sp³-hybridized carbons (Fsp3) is 0.370. The van der Waals surface area contributed by atoms with E-state index in [9.17, 15) is 18.0 Å². The van der Waals surface area contributed by atoms with Gasteiger partial charge in [0.05, 0.1) is 42.3 Å². The van der Waals surface area contributed by atoms with Crippen molar-refractivity contribution >= 4 is 21.7 Å². The summed E-state index contributed by atoms with van der Waals surface area (Å²) in [6, 6.07) is 12.3. The second-order valence-corrected chi connectivity index (χ2v) is 12.1. The summed E-state index contributed by atoms with van der Waals surface area (Å²) in [6.07, 6.45) is 1.54. The van der Waals surface area contributed by atoms with E-state index < -0.39 is 28.0 Å². The molecule has 11 heteroatoms. The lowest BCUT2D eigenvalue weighted by Gasteiger charge is -2.35. The van der Waals surface area contributed by atoms with Gasteiger partial charge in [0.15, 0.2) is 16.0 Å². The molecule has 2 fully saturated rings. The van der Waals surface area contributed by atoms with Gasteiger partial charge in [0.25, 0.3) is 5.91 Å². The molecule has 5 rings (SSSR count). The minimum atomic E-state index is -2.99. The molecule has 3 heterocycles. The van der Waals surface area contributed by atoms with Crippen molar-refractivity contribution in [1.82, 2.24) is 14.7 Å². The summed E-state index contributed by atoms with van der Waals surface area (Å²) in [6.45, 7) is 2.23. The lowest BCUT2D eigenvalue weighted by Crippen LogP contribution is -2.49. The van der Waals surface area contributed by atoms with Gasteiger partial charge in [-0.2, -0.15) is 5.10 Å². The Bertz CT molecular complexity index is 1460. The molecule has 2 aromatic carbocycles. The second kappa shape index (κ2) is 10.2. The highest BCUT2D eigenvalue weighted by Crippen LogP contribution is 2.31. The van der Waals surface area contributed by atoms with E-state index in [4.69, 9.17) is 10.5 Å². The van der Waals surface area contributed by atoms with Gasteiger partial charge in [0.2, 0.25) is 5.91 Å². The number of piperidine rings is 1. The molecule has 9 nitrogen and oxygen atoms in total. The molecule has 2 amide bonds. The van der Waals surface area contributed by atoms with Crippen molar-refractivity contribution in [2.24, 2.45) is 5.73 Å². The van der Waals surface area contributed by atoms with E-state index in [0.29, 0.717) is 17.7 Å². The monoisotopic (exact) mass is 540 g/mol. The molecule has 0 radical (unpaired) electrons. The normalized spacial score (nSPS) is 21.1. The van der Waals surface area contributed by atoms with Crippen molar-refractivity contribution in [3.8, 4) is 16.9 Å². The first-order chi connectivity index (χ1) is 18.1. The molecule has 2 aliphatic heterocycles. The van der Waals surface area contributed by atoms with E-state index in [0.717, 1.165) is 11.1 Å². The van der Waals surface area contributed by atoms with Crippen LogP contribution in [0.1, 0.15) is 33.9 Å². The quantitative estimate of drug-likeness (QED) is 0.491. The molecule has 2 atom stereocenters. The van der Waals surface area contributed by atoms with Crippen LogP contribution < -0.4 is 10.5 Å². The summed E-state index contributed by atoms with van der Waals surface area (Å²) < 4.78 is 45.6. The summed E-state index contributed by atoms with van der Waals surface area (Å²) in [5, 5.41) is 4.26. The highest BCUT2D eigenvalue weighted by atomic mass is 32.2. The molecular formula is C27H29FN4O5S. The van der Waals surface area contributed by atoms with Gasteiger partial charge in [-0.15, -0.1) is 0 Å². The maximum atomic E-state index is 15.1. The zero-order chi connectivity index (χ0) is 27.0. The molecule has 0 spiro atoms. The Morgan fingerprint density at radius 2 is 1.87 bits per heavy atom.